The minimum Gasteiger partial charge on any atom is -0.493 e. The highest BCUT2D eigenvalue weighted by Crippen LogP contribution is 2.43. The van der Waals surface area contributed by atoms with Gasteiger partial charge in [-0.2, -0.15) is 0 Å². The van der Waals surface area contributed by atoms with Crippen LogP contribution in [0.1, 0.15) is 60.5 Å². The number of hydrogen-bond acceptors (Lipinski definition) is 5. The number of carbonyl (C=O) groups is 1. The lowest BCUT2D eigenvalue weighted by Gasteiger charge is -2.26. The first-order chi connectivity index (χ1) is 18.3. The van der Waals surface area contributed by atoms with Crippen LogP contribution in [0, 0.1) is 5.92 Å². The number of fused-ring (bicyclic) bond motifs is 2. The van der Waals surface area contributed by atoms with Crippen molar-refractivity contribution in [3.8, 4) is 11.5 Å². The maximum atomic E-state index is 13.9. The average Bonchev–Trinajstić information content (AvgIpc) is 3.21. The summed E-state index contributed by atoms with van der Waals surface area (Å²) in [4.78, 5) is 29.4. The van der Waals surface area contributed by atoms with Crippen molar-refractivity contribution in [3.63, 3.8) is 0 Å². The van der Waals surface area contributed by atoms with E-state index in [0.29, 0.717) is 46.2 Å². The standard InChI is InChI=1S/C31H30BrNO5/c1-5-19-6-10-22(11-7-19)33-28(20-8-12-25(26(16-20)36-4)37-15-14-18(2)3)27-29(34)23-17-21(32)9-13-24(23)38-30(27)31(33)35/h6-13,16-18,28H,5,14-15H2,1-4H3. The first-order valence-electron chi connectivity index (χ1n) is 12.8. The van der Waals surface area contributed by atoms with Crippen molar-refractivity contribution in [1.29, 1.82) is 0 Å². The molecule has 1 amide bonds. The lowest BCUT2D eigenvalue weighted by Crippen LogP contribution is -2.29. The molecule has 3 aromatic carbocycles. The van der Waals surface area contributed by atoms with E-state index in [1.165, 1.54) is 0 Å². The smallest absolute Gasteiger partial charge is 0.295 e. The van der Waals surface area contributed by atoms with Gasteiger partial charge in [0, 0.05) is 10.2 Å². The van der Waals surface area contributed by atoms with Crippen molar-refractivity contribution in [2.45, 2.75) is 39.7 Å². The Morgan fingerprint density at radius 1 is 1.00 bits per heavy atom. The molecule has 6 nitrogen and oxygen atoms in total. The van der Waals surface area contributed by atoms with Gasteiger partial charge in [0.05, 0.1) is 30.7 Å². The molecule has 0 spiro atoms. The van der Waals surface area contributed by atoms with Crippen LogP contribution in [0.15, 0.2) is 74.3 Å². The van der Waals surface area contributed by atoms with E-state index in [-0.39, 0.29) is 17.1 Å². The molecule has 196 valence electrons. The molecule has 0 saturated heterocycles. The number of ether oxygens (including phenoxy) is 2. The summed E-state index contributed by atoms with van der Waals surface area (Å²) < 4.78 is 18.5. The van der Waals surface area contributed by atoms with Crippen LogP contribution in [0.2, 0.25) is 0 Å². The Labute approximate surface area is 230 Å². The Balaban J connectivity index is 1.68. The largest absolute Gasteiger partial charge is 0.493 e. The van der Waals surface area contributed by atoms with Crippen LogP contribution in [-0.2, 0) is 6.42 Å². The summed E-state index contributed by atoms with van der Waals surface area (Å²) in [7, 11) is 1.59. The number of hydrogen-bond donors (Lipinski definition) is 0. The molecule has 4 aromatic rings. The summed E-state index contributed by atoms with van der Waals surface area (Å²) in [5, 5.41) is 0.416. The Morgan fingerprint density at radius 2 is 1.76 bits per heavy atom. The number of aryl methyl sites for hydroxylation is 1. The molecule has 0 saturated carbocycles. The lowest BCUT2D eigenvalue weighted by molar-refractivity contribution is 0.0971. The zero-order valence-corrected chi connectivity index (χ0v) is 23.5. The summed E-state index contributed by atoms with van der Waals surface area (Å²) in [6.07, 6.45) is 1.80. The molecule has 0 radical (unpaired) electrons. The zero-order chi connectivity index (χ0) is 27.0. The van der Waals surface area contributed by atoms with Gasteiger partial charge in [0.1, 0.15) is 5.58 Å². The second-order valence-electron chi connectivity index (χ2n) is 9.85. The third-order valence-electron chi connectivity index (χ3n) is 6.91. The van der Waals surface area contributed by atoms with E-state index < -0.39 is 6.04 Å². The van der Waals surface area contributed by atoms with Gasteiger partial charge in [-0.3, -0.25) is 14.5 Å². The zero-order valence-electron chi connectivity index (χ0n) is 21.9. The van der Waals surface area contributed by atoms with E-state index in [1.807, 2.05) is 42.5 Å². The predicted octanol–water partition coefficient (Wildman–Crippen LogP) is 7.30. The van der Waals surface area contributed by atoms with Gasteiger partial charge in [0.2, 0.25) is 5.76 Å². The van der Waals surface area contributed by atoms with Gasteiger partial charge in [-0.25, -0.2) is 0 Å². The number of methoxy groups -OCH3 is 1. The topological polar surface area (TPSA) is 69.0 Å². The number of benzene rings is 3. The highest BCUT2D eigenvalue weighted by molar-refractivity contribution is 9.10. The third-order valence-corrected chi connectivity index (χ3v) is 7.40. The monoisotopic (exact) mass is 575 g/mol. The van der Waals surface area contributed by atoms with Gasteiger partial charge >= 0.3 is 0 Å². The molecule has 1 aromatic heterocycles. The van der Waals surface area contributed by atoms with Gasteiger partial charge in [0.15, 0.2) is 16.9 Å². The molecule has 38 heavy (non-hydrogen) atoms. The molecule has 2 heterocycles. The number of halogens is 1. The van der Waals surface area contributed by atoms with Gasteiger partial charge in [-0.1, -0.05) is 54.9 Å². The number of rotatable bonds is 8. The van der Waals surface area contributed by atoms with E-state index in [4.69, 9.17) is 13.9 Å². The first-order valence-corrected chi connectivity index (χ1v) is 13.6. The highest BCUT2D eigenvalue weighted by atomic mass is 79.9. The second-order valence-corrected chi connectivity index (χ2v) is 10.8. The second kappa shape index (κ2) is 10.7. The van der Waals surface area contributed by atoms with Crippen LogP contribution in [0.5, 0.6) is 11.5 Å². The average molecular weight is 576 g/mol. The minimum atomic E-state index is -0.691. The van der Waals surface area contributed by atoms with Gasteiger partial charge in [-0.15, -0.1) is 0 Å². The number of carbonyl (C=O) groups excluding carboxylic acids is 1. The molecule has 1 atom stereocenters. The molecular weight excluding hydrogens is 546 g/mol. The molecule has 7 heteroatoms. The van der Waals surface area contributed by atoms with E-state index in [9.17, 15) is 9.59 Å². The third kappa shape index (κ3) is 4.71. The van der Waals surface area contributed by atoms with Crippen molar-refractivity contribution in [3.05, 3.63) is 97.8 Å². The molecule has 1 aliphatic heterocycles. The lowest BCUT2D eigenvalue weighted by atomic mass is 9.97. The van der Waals surface area contributed by atoms with Crippen molar-refractivity contribution in [2.24, 2.45) is 5.92 Å². The van der Waals surface area contributed by atoms with Gasteiger partial charge in [0.25, 0.3) is 5.91 Å². The number of amides is 1. The van der Waals surface area contributed by atoms with E-state index >= 15 is 0 Å². The fourth-order valence-corrected chi connectivity index (χ4v) is 5.16. The van der Waals surface area contributed by atoms with Crippen LogP contribution in [0.4, 0.5) is 5.69 Å². The maximum absolute atomic E-state index is 13.9. The van der Waals surface area contributed by atoms with Gasteiger partial charge < -0.3 is 13.9 Å². The SMILES string of the molecule is CCc1ccc(N2C(=O)c3oc4ccc(Br)cc4c(=O)c3C2c2ccc(OCCC(C)C)c(OC)c2)cc1. The molecule has 0 bridgehead atoms. The molecule has 0 aliphatic carbocycles. The summed E-state index contributed by atoms with van der Waals surface area (Å²) in [6, 6.07) is 17.9. The minimum absolute atomic E-state index is 0.0608. The van der Waals surface area contributed by atoms with Crippen LogP contribution in [0.25, 0.3) is 11.0 Å². The van der Waals surface area contributed by atoms with Crippen LogP contribution in [-0.4, -0.2) is 19.6 Å². The van der Waals surface area contributed by atoms with Crippen LogP contribution >= 0.6 is 15.9 Å². The van der Waals surface area contributed by atoms with Crippen molar-refractivity contribution >= 4 is 38.5 Å². The van der Waals surface area contributed by atoms with E-state index in [2.05, 4.69) is 36.7 Å². The molecular formula is C31H30BrNO5. The molecule has 1 unspecified atom stereocenters. The van der Waals surface area contributed by atoms with E-state index in [0.717, 1.165) is 28.4 Å². The Bertz CT molecular complexity index is 1560. The Morgan fingerprint density at radius 3 is 2.45 bits per heavy atom. The fraction of sp³-hybridized carbons (Fsp3) is 0.290. The molecule has 0 fully saturated rings. The quantitative estimate of drug-likeness (QED) is 0.220. The first kappa shape index (κ1) is 26.0. The van der Waals surface area contributed by atoms with Crippen LogP contribution < -0.4 is 19.8 Å². The Kier molecular flexibility index (Phi) is 7.30. The normalized spacial score (nSPS) is 14.8. The van der Waals surface area contributed by atoms with Gasteiger partial charge in [-0.05, 0) is 72.4 Å². The molecule has 0 N–H and O–H groups in total. The molecule has 1 aliphatic rings. The van der Waals surface area contributed by atoms with Crippen molar-refractivity contribution in [2.75, 3.05) is 18.6 Å². The maximum Gasteiger partial charge on any atom is 0.295 e. The fourth-order valence-electron chi connectivity index (χ4n) is 4.80. The van der Waals surface area contributed by atoms with Crippen molar-refractivity contribution < 1.29 is 18.7 Å². The van der Waals surface area contributed by atoms with E-state index in [1.54, 1.807) is 30.2 Å². The number of nitrogens with zero attached hydrogens (tertiary/aromatic N) is 1. The summed E-state index contributed by atoms with van der Waals surface area (Å²) in [5.74, 6) is 1.39. The summed E-state index contributed by atoms with van der Waals surface area (Å²) in [6.45, 7) is 6.94. The van der Waals surface area contributed by atoms with Crippen LogP contribution in [0.3, 0.4) is 0 Å². The highest BCUT2D eigenvalue weighted by Gasteiger charge is 2.44. The predicted molar refractivity (Wildman–Crippen MR) is 153 cm³/mol. The Hall–Kier alpha value is -3.58. The summed E-state index contributed by atoms with van der Waals surface area (Å²) in [5.41, 5.74) is 3.03. The summed E-state index contributed by atoms with van der Waals surface area (Å²) >= 11 is 3.45. The number of anilines is 1. The molecule has 5 rings (SSSR count). The van der Waals surface area contributed by atoms with Crippen molar-refractivity contribution in [1.82, 2.24) is 0 Å².